The Bertz CT molecular complexity index is 1190. The van der Waals surface area contributed by atoms with Crippen molar-refractivity contribution in [3.63, 3.8) is 0 Å². The lowest BCUT2D eigenvalue weighted by atomic mass is 10.1. The van der Waals surface area contributed by atoms with Crippen molar-refractivity contribution in [1.29, 1.82) is 0 Å². The molecular formula is C23H17F3N4OS. The minimum Gasteiger partial charge on any atom is -0.325 e. The highest BCUT2D eigenvalue weighted by Crippen LogP contribution is 2.35. The molecule has 1 amide bonds. The summed E-state index contributed by atoms with van der Waals surface area (Å²) in [6.45, 7) is 0. The van der Waals surface area contributed by atoms with Gasteiger partial charge in [-0.05, 0) is 36.4 Å². The molecule has 0 spiro atoms. The number of hydrogen-bond acceptors (Lipinski definition) is 5. The number of thioether (sulfide) groups is 1. The van der Waals surface area contributed by atoms with E-state index in [0.717, 1.165) is 17.8 Å². The van der Waals surface area contributed by atoms with Crippen LogP contribution in [0.2, 0.25) is 0 Å². The molecule has 1 aliphatic rings. The summed E-state index contributed by atoms with van der Waals surface area (Å²) in [6, 6.07) is 17.8. The molecule has 1 N–H and O–H groups in total. The van der Waals surface area contributed by atoms with Gasteiger partial charge in [0.1, 0.15) is 0 Å². The molecule has 9 heteroatoms. The van der Waals surface area contributed by atoms with Crippen LogP contribution in [0.15, 0.2) is 82.9 Å². The van der Waals surface area contributed by atoms with Crippen molar-refractivity contribution in [1.82, 2.24) is 4.98 Å². The first-order valence-corrected chi connectivity index (χ1v) is 10.6. The number of fused-ring (bicyclic) bond motifs is 1. The Morgan fingerprint density at radius 1 is 0.938 bits per heavy atom. The first-order valence-electron chi connectivity index (χ1n) is 9.64. The number of nitrogens with zero attached hydrogens (tertiary/aromatic N) is 3. The van der Waals surface area contributed by atoms with Crippen LogP contribution >= 0.6 is 11.8 Å². The van der Waals surface area contributed by atoms with E-state index < -0.39 is 17.6 Å². The van der Waals surface area contributed by atoms with Crippen LogP contribution in [0.5, 0.6) is 0 Å². The number of anilines is 1. The van der Waals surface area contributed by atoms with Crippen LogP contribution in [0.3, 0.4) is 0 Å². The number of amides is 1. The first kappa shape index (κ1) is 21.8. The lowest BCUT2D eigenvalue weighted by Gasteiger charge is -2.13. The standard InChI is InChI=1S/C23H17F3N4OS/c24-23(25,26)15-7-1-2-8-16(15)29-21(31)14-32-22-13-20(17-9-5-6-12-27-17)28-18-10-3-4-11-19(18)30-22/h1-12H,13-14H2,(H,29,31). The predicted octanol–water partition coefficient (Wildman–Crippen LogP) is 6.03. The largest absolute Gasteiger partial charge is 0.418 e. The highest BCUT2D eigenvalue weighted by atomic mass is 32.2. The summed E-state index contributed by atoms with van der Waals surface area (Å²) < 4.78 is 39.5. The monoisotopic (exact) mass is 454 g/mol. The van der Waals surface area contributed by atoms with E-state index in [1.54, 1.807) is 6.20 Å². The Kier molecular flexibility index (Phi) is 6.36. The van der Waals surface area contributed by atoms with Gasteiger partial charge in [-0.3, -0.25) is 9.78 Å². The summed E-state index contributed by atoms with van der Waals surface area (Å²) in [5.74, 6) is -0.647. The topological polar surface area (TPSA) is 66.7 Å². The third-order valence-corrected chi connectivity index (χ3v) is 5.51. The Balaban J connectivity index is 1.52. The number of alkyl halides is 3. The van der Waals surface area contributed by atoms with Crippen molar-refractivity contribution in [2.75, 3.05) is 11.1 Å². The average molecular weight is 454 g/mol. The maximum atomic E-state index is 13.2. The fraction of sp³-hybridized carbons (Fsp3) is 0.130. The molecule has 0 unspecified atom stereocenters. The van der Waals surface area contributed by atoms with E-state index in [-0.39, 0.29) is 11.4 Å². The third-order valence-electron chi connectivity index (χ3n) is 4.54. The van der Waals surface area contributed by atoms with E-state index in [1.807, 2.05) is 42.5 Å². The highest BCUT2D eigenvalue weighted by Gasteiger charge is 2.33. The van der Waals surface area contributed by atoms with Gasteiger partial charge in [-0.2, -0.15) is 13.2 Å². The molecule has 1 aliphatic heterocycles. The highest BCUT2D eigenvalue weighted by molar-refractivity contribution is 8.14. The van der Waals surface area contributed by atoms with Crippen molar-refractivity contribution in [3.05, 3.63) is 84.2 Å². The number of aliphatic imine (C=N–C) groups is 2. The molecule has 4 rings (SSSR count). The van der Waals surface area contributed by atoms with Crippen molar-refractivity contribution in [2.45, 2.75) is 12.6 Å². The number of rotatable bonds is 4. The van der Waals surface area contributed by atoms with Gasteiger partial charge in [-0.25, -0.2) is 9.98 Å². The van der Waals surface area contributed by atoms with Crippen LogP contribution in [0.25, 0.3) is 0 Å². The molecule has 2 heterocycles. The molecule has 3 aromatic rings. The number of benzene rings is 2. The minimum absolute atomic E-state index is 0.0946. The van der Waals surface area contributed by atoms with Crippen LogP contribution in [-0.2, 0) is 11.0 Å². The number of halogens is 3. The second-order valence-electron chi connectivity index (χ2n) is 6.82. The zero-order chi connectivity index (χ0) is 22.6. The number of hydrogen-bond donors (Lipinski definition) is 1. The molecule has 0 radical (unpaired) electrons. The second-order valence-corrected chi connectivity index (χ2v) is 7.87. The molecule has 0 bridgehead atoms. The Labute approximate surface area is 186 Å². The Morgan fingerprint density at radius 3 is 2.34 bits per heavy atom. The molecule has 0 saturated heterocycles. The summed E-state index contributed by atoms with van der Waals surface area (Å²) in [5, 5.41) is 2.98. The molecule has 0 aliphatic carbocycles. The molecule has 0 atom stereocenters. The van der Waals surface area contributed by atoms with E-state index >= 15 is 0 Å². The lowest BCUT2D eigenvalue weighted by Crippen LogP contribution is -2.19. The van der Waals surface area contributed by atoms with Crippen LogP contribution in [0.1, 0.15) is 17.7 Å². The van der Waals surface area contributed by atoms with E-state index in [4.69, 9.17) is 4.99 Å². The molecule has 162 valence electrons. The lowest BCUT2D eigenvalue weighted by molar-refractivity contribution is -0.137. The van der Waals surface area contributed by atoms with Crippen molar-refractivity contribution >= 4 is 45.5 Å². The number of pyridine rings is 1. The van der Waals surface area contributed by atoms with Gasteiger partial charge in [0.2, 0.25) is 5.91 Å². The maximum Gasteiger partial charge on any atom is 0.418 e. The summed E-state index contributed by atoms with van der Waals surface area (Å²) in [7, 11) is 0. The van der Waals surface area contributed by atoms with Gasteiger partial charge >= 0.3 is 6.18 Å². The van der Waals surface area contributed by atoms with Crippen molar-refractivity contribution in [3.8, 4) is 0 Å². The molecule has 2 aromatic carbocycles. The summed E-state index contributed by atoms with van der Waals surface area (Å²) in [6.07, 6.45) is -2.53. The molecular weight excluding hydrogens is 437 g/mol. The van der Waals surface area contributed by atoms with E-state index in [2.05, 4.69) is 15.3 Å². The zero-order valence-electron chi connectivity index (χ0n) is 16.6. The summed E-state index contributed by atoms with van der Waals surface area (Å²) in [5.41, 5.74) is 1.58. The fourth-order valence-corrected chi connectivity index (χ4v) is 3.87. The SMILES string of the molecule is O=C(CSC1=Nc2ccccc2N=C(c2ccccn2)C1)Nc1ccccc1C(F)(F)F. The fourth-order valence-electron chi connectivity index (χ4n) is 3.09. The Morgan fingerprint density at radius 2 is 1.62 bits per heavy atom. The number of carbonyl (C=O) groups excluding carboxylic acids is 1. The van der Waals surface area contributed by atoms with Crippen LogP contribution < -0.4 is 5.32 Å². The van der Waals surface area contributed by atoms with Gasteiger partial charge in [0.25, 0.3) is 0 Å². The Hall–Kier alpha value is -3.46. The molecule has 0 fully saturated rings. The number of nitrogens with one attached hydrogen (secondary N) is 1. The molecule has 5 nitrogen and oxygen atoms in total. The first-order chi connectivity index (χ1) is 15.4. The maximum absolute atomic E-state index is 13.2. The molecule has 0 saturated carbocycles. The predicted molar refractivity (Wildman–Crippen MR) is 121 cm³/mol. The van der Waals surface area contributed by atoms with Gasteiger partial charge in [0.15, 0.2) is 0 Å². The third kappa shape index (κ3) is 5.23. The molecule has 1 aromatic heterocycles. The van der Waals surface area contributed by atoms with E-state index in [0.29, 0.717) is 34.2 Å². The summed E-state index contributed by atoms with van der Waals surface area (Å²) >= 11 is 1.16. The van der Waals surface area contributed by atoms with Crippen LogP contribution in [-0.4, -0.2) is 27.4 Å². The van der Waals surface area contributed by atoms with Gasteiger partial charge in [0, 0.05) is 12.6 Å². The average Bonchev–Trinajstić information content (AvgIpc) is 2.97. The van der Waals surface area contributed by atoms with Gasteiger partial charge in [-0.1, -0.05) is 30.3 Å². The number of para-hydroxylation sites is 3. The smallest absolute Gasteiger partial charge is 0.325 e. The summed E-state index contributed by atoms with van der Waals surface area (Å²) in [4.78, 5) is 26.1. The normalized spacial score (nSPS) is 13.5. The second kappa shape index (κ2) is 9.35. The zero-order valence-corrected chi connectivity index (χ0v) is 17.5. The van der Waals surface area contributed by atoms with E-state index in [9.17, 15) is 18.0 Å². The van der Waals surface area contributed by atoms with Crippen molar-refractivity contribution < 1.29 is 18.0 Å². The van der Waals surface area contributed by atoms with Gasteiger partial charge in [-0.15, -0.1) is 11.8 Å². The van der Waals surface area contributed by atoms with Gasteiger partial charge < -0.3 is 5.32 Å². The van der Waals surface area contributed by atoms with E-state index in [1.165, 1.54) is 18.2 Å². The quantitative estimate of drug-likeness (QED) is 0.524. The number of carbonyl (C=O) groups is 1. The molecule has 32 heavy (non-hydrogen) atoms. The van der Waals surface area contributed by atoms with Gasteiger partial charge in [0.05, 0.1) is 44.8 Å². The van der Waals surface area contributed by atoms with Crippen molar-refractivity contribution in [2.24, 2.45) is 9.98 Å². The number of aromatic nitrogens is 1. The van der Waals surface area contributed by atoms with Crippen LogP contribution in [0.4, 0.5) is 30.2 Å². The minimum atomic E-state index is -4.56. The van der Waals surface area contributed by atoms with Crippen LogP contribution in [0, 0.1) is 0 Å².